The molecule has 0 aliphatic rings. The van der Waals surface area contributed by atoms with Gasteiger partial charge in [0.15, 0.2) is 0 Å². The van der Waals surface area contributed by atoms with Crippen molar-refractivity contribution in [3.05, 3.63) is 68.7 Å². The highest BCUT2D eigenvalue weighted by Crippen LogP contribution is 2.21. The third-order valence-electron chi connectivity index (χ3n) is 2.84. The summed E-state index contributed by atoms with van der Waals surface area (Å²) >= 11 is 5.89. The maximum absolute atomic E-state index is 12.1. The maximum Gasteiger partial charge on any atom is 0.282 e. The second-order valence-corrected chi connectivity index (χ2v) is 6.53. The Hall–Kier alpha value is -2.25. The smallest absolute Gasteiger partial charge is 0.258 e. The van der Waals surface area contributed by atoms with Crippen LogP contribution in [0.25, 0.3) is 0 Å². The number of hydrogen-bond donors (Lipinski definition) is 0. The summed E-state index contributed by atoms with van der Waals surface area (Å²) in [4.78, 5) is 10.2. The van der Waals surface area contributed by atoms with E-state index >= 15 is 0 Å². The van der Waals surface area contributed by atoms with Crippen LogP contribution in [-0.2, 0) is 10.0 Å². The molecule has 0 fully saturated rings. The van der Waals surface area contributed by atoms with E-state index in [9.17, 15) is 18.5 Å². The minimum absolute atomic E-state index is 0.0379. The molecule has 0 saturated heterocycles. The third-order valence-corrected chi connectivity index (χ3v) is 4.43. The van der Waals surface area contributed by atoms with Gasteiger partial charge < -0.3 is 0 Å². The van der Waals surface area contributed by atoms with E-state index in [1.807, 2.05) is 6.92 Å². The van der Waals surface area contributed by atoms with E-state index in [0.717, 1.165) is 17.8 Å². The molecule has 0 amide bonds. The Kier molecular flexibility index (Phi) is 4.58. The van der Waals surface area contributed by atoms with Crippen LogP contribution in [0.2, 0.25) is 5.02 Å². The molecular weight excluding hydrogens is 328 g/mol. The SMILES string of the molecule is Cc1ccc(S(=O)(=O)N=Cc2cc([N+](=O)[O-])ccc2Cl)cc1. The highest BCUT2D eigenvalue weighted by atomic mass is 35.5. The fourth-order valence-corrected chi connectivity index (χ4v) is 2.66. The second-order valence-electron chi connectivity index (χ2n) is 4.49. The summed E-state index contributed by atoms with van der Waals surface area (Å²) in [7, 11) is -3.88. The molecule has 0 unspecified atom stereocenters. The van der Waals surface area contributed by atoms with Crippen LogP contribution in [0.3, 0.4) is 0 Å². The van der Waals surface area contributed by atoms with E-state index in [0.29, 0.717) is 0 Å². The molecule has 6 nitrogen and oxygen atoms in total. The molecule has 2 rings (SSSR count). The summed E-state index contributed by atoms with van der Waals surface area (Å²) < 4.78 is 27.7. The van der Waals surface area contributed by atoms with Crippen LogP contribution >= 0.6 is 11.6 Å². The lowest BCUT2D eigenvalue weighted by molar-refractivity contribution is -0.384. The normalized spacial score (nSPS) is 11.7. The molecule has 22 heavy (non-hydrogen) atoms. The van der Waals surface area contributed by atoms with Crippen LogP contribution in [0.4, 0.5) is 5.69 Å². The minimum Gasteiger partial charge on any atom is -0.258 e. The first-order valence-electron chi connectivity index (χ1n) is 6.10. The number of aryl methyl sites for hydroxylation is 1. The minimum atomic E-state index is -3.88. The predicted octanol–water partition coefficient (Wildman–Crippen LogP) is 3.36. The molecule has 0 atom stereocenters. The van der Waals surface area contributed by atoms with Crippen molar-refractivity contribution in [3.8, 4) is 0 Å². The monoisotopic (exact) mass is 338 g/mol. The molecule has 0 radical (unpaired) electrons. The molecule has 2 aromatic rings. The molecule has 114 valence electrons. The van der Waals surface area contributed by atoms with Gasteiger partial charge in [0.1, 0.15) is 0 Å². The van der Waals surface area contributed by atoms with Gasteiger partial charge in [-0.05, 0) is 25.1 Å². The number of nitrogens with zero attached hydrogens (tertiary/aromatic N) is 2. The summed E-state index contributed by atoms with van der Waals surface area (Å²) in [5.41, 5.74) is 0.884. The predicted molar refractivity (Wildman–Crippen MR) is 84.1 cm³/mol. The van der Waals surface area contributed by atoms with Gasteiger partial charge >= 0.3 is 0 Å². The number of nitro benzene ring substituents is 1. The second kappa shape index (κ2) is 6.25. The van der Waals surface area contributed by atoms with Gasteiger partial charge in [0.05, 0.1) is 9.82 Å². The number of non-ortho nitro benzene ring substituents is 1. The third kappa shape index (κ3) is 3.69. The largest absolute Gasteiger partial charge is 0.282 e. The first kappa shape index (κ1) is 16.1. The van der Waals surface area contributed by atoms with E-state index in [4.69, 9.17) is 11.6 Å². The van der Waals surface area contributed by atoms with Crippen LogP contribution in [0.15, 0.2) is 51.8 Å². The topological polar surface area (TPSA) is 89.6 Å². The zero-order chi connectivity index (χ0) is 16.3. The highest BCUT2D eigenvalue weighted by Gasteiger charge is 2.13. The van der Waals surface area contributed by atoms with Gasteiger partial charge in [0.25, 0.3) is 15.7 Å². The Morgan fingerprint density at radius 1 is 1.18 bits per heavy atom. The van der Waals surface area contributed by atoms with Crippen molar-refractivity contribution >= 4 is 33.5 Å². The molecular formula is C14H11ClN2O4S. The highest BCUT2D eigenvalue weighted by molar-refractivity contribution is 7.90. The quantitative estimate of drug-likeness (QED) is 0.485. The average Bonchev–Trinajstić information content (AvgIpc) is 2.46. The van der Waals surface area contributed by atoms with Crippen molar-refractivity contribution in [2.24, 2.45) is 4.40 Å². The van der Waals surface area contributed by atoms with Gasteiger partial charge in [-0.3, -0.25) is 10.1 Å². The Bertz CT molecular complexity index is 846. The summed E-state index contributed by atoms with van der Waals surface area (Å²) in [5, 5.41) is 10.9. The molecule has 0 aromatic heterocycles. The van der Waals surface area contributed by atoms with Crippen molar-refractivity contribution in [2.75, 3.05) is 0 Å². The zero-order valence-electron chi connectivity index (χ0n) is 11.4. The summed E-state index contributed by atoms with van der Waals surface area (Å²) in [6, 6.07) is 9.91. The molecule has 2 aromatic carbocycles. The van der Waals surface area contributed by atoms with Crippen LogP contribution in [-0.4, -0.2) is 19.6 Å². The Balaban J connectivity index is 2.37. The van der Waals surface area contributed by atoms with E-state index in [2.05, 4.69) is 4.40 Å². The molecule has 0 heterocycles. The fraction of sp³-hybridized carbons (Fsp3) is 0.0714. The molecule has 0 spiro atoms. The first-order valence-corrected chi connectivity index (χ1v) is 7.92. The van der Waals surface area contributed by atoms with Crippen molar-refractivity contribution in [3.63, 3.8) is 0 Å². The van der Waals surface area contributed by atoms with Crippen molar-refractivity contribution in [1.82, 2.24) is 0 Å². The van der Waals surface area contributed by atoms with E-state index in [-0.39, 0.29) is 21.2 Å². The van der Waals surface area contributed by atoms with Crippen molar-refractivity contribution in [2.45, 2.75) is 11.8 Å². The van der Waals surface area contributed by atoms with E-state index in [1.54, 1.807) is 12.1 Å². The Labute approximate surface area is 132 Å². The number of benzene rings is 2. The summed E-state index contributed by atoms with van der Waals surface area (Å²) in [5.74, 6) is 0. The van der Waals surface area contributed by atoms with Gasteiger partial charge in [-0.2, -0.15) is 12.8 Å². The van der Waals surface area contributed by atoms with Gasteiger partial charge in [0.2, 0.25) is 0 Å². The number of nitro groups is 1. The first-order chi connectivity index (χ1) is 10.3. The molecule has 0 aliphatic heterocycles. The van der Waals surface area contributed by atoms with E-state index in [1.165, 1.54) is 24.3 Å². The molecule has 0 N–H and O–H groups in total. The number of halogens is 1. The van der Waals surface area contributed by atoms with Crippen molar-refractivity contribution < 1.29 is 13.3 Å². The number of rotatable bonds is 4. The Morgan fingerprint density at radius 2 is 1.82 bits per heavy atom. The summed E-state index contributed by atoms with van der Waals surface area (Å²) in [6.45, 7) is 1.84. The van der Waals surface area contributed by atoms with Gasteiger partial charge in [-0.1, -0.05) is 29.3 Å². The number of sulfonamides is 1. The molecule has 0 aliphatic carbocycles. The van der Waals surface area contributed by atoms with Crippen molar-refractivity contribution in [1.29, 1.82) is 0 Å². The molecule has 0 saturated carbocycles. The molecule has 8 heteroatoms. The maximum atomic E-state index is 12.1. The van der Waals surface area contributed by atoms with Crippen LogP contribution in [0, 0.1) is 17.0 Å². The lowest BCUT2D eigenvalue weighted by Gasteiger charge is -2.00. The lowest BCUT2D eigenvalue weighted by Crippen LogP contribution is -1.98. The lowest BCUT2D eigenvalue weighted by atomic mass is 10.2. The van der Waals surface area contributed by atoms with Crippen LogP contribution in [0.1, 0.15) is 11.1 Å². The fourth-order valence-electron chi connectivity index (χ4n) is 1.64. The average molecular weight is 339 g/mol. The zero-order valence-corrected chi connectivity index (χ0v) is 13.0. The van der Waals surface area contributed by atoms with Gasteiger partial charge in [0, 0.05) is 28.9 Å². The number of hydrogen-bond acceptors (Lipinski definition) is 4. The Morgan fingerprint density at radius 3 is 2.41 bits per heavy atom. The molecule has 0 bridgehead atoms. The van der Waals surface area contributed by atoms with Gasteiger partial charge in [-0.25, -0.2) is 0 Å². The van der Waals surface area contributed by atoms with Crippen LogP contribution < -0.4 is 0 Å². The van der Waals surface area contributed by atoms with E-state index < -0.39 is 14.9 Å². The summed E-state index contributed by atoms with van der Waals surface area (Å²) in [6.07, 6.45) is 1.00. The van der Waals surface area contributed by atoms with Gasteiger partial charge in [-0.15, -0.1) is 0 Å². The van der Waals surface area contributed by atoms with Crippen LogP contribution in [0.5, 0.6) is 0 Å². The standard InChI is InChI=1S/C14H11ClN2O4S/c1-10-2-5-13(6-3-10)22(20,21)16-9-11-8-12(17(18)19)4-7-14(11)15/h2-9H,1H3.